The number of benzene rings is 3. The molecule has 0 spiro atoms. The fourth-order valence-corrected chi connectivity index (χ4v) is 4.42. The molecule has 0 aliphatic heterocycles. The zero-order chi connectivity index (χ0) is 31.4. The number of hydrogen-bond donors (Lipinski definition) is 4. The maximum absolute atomic E-state index is 13.2. The van der Waals surface area contributed by atoms with Gasteiger partial charge in [0.1, 0.15) is 24.1 Å². The van der Waals surface area contributed by atoms with E-state index in [1.165, 1.54) is 11.9 Å². The lowest BCUT2D eigenvalue weighted by molar-refractivity contribution is -0.0244. The van der Waals surface area contributed by atoms with Crippen LogP contribution in [0.1, 0.15) is 56.8 Å². The molecule has 0 radical (unpaired) electrons. The van der Waals surface area contributed by atoms with Crippen molar-refractivity contribution in [1.82, 2.24) is 15.7 Å². The Bertz CT molecular complexity index is 1280. The minimum absolute atomic E-state index is 0.261. The maximum Gasteiger partial charge on any atom is 0.429 e. The number of hydroxylamine groups is 1. The minimum Gasteiger partial charge on any atom is -0.489 e. The monoisotopic (exact) mass is 593 g/mol. The van der Waals surface area contributed by atoms with Gasteiger partial charge in [-0.15, -0.1) is 5.48 Å². The standard InChI is InChI=1S/C33H43N3O7/c1-23(37)29(26-17-12-18-27(21-26)41-22-25-15-10-7-11-16-25)36(5)32(40)43-35-30(34-31(39)42-33(2,3)4)28(38)20-19-24-13-8-6-9-14-24/h6-18,21,23,28-30,35,37-38H,19-20,22H2,1-5H3,(H,34,39). The van der Waals surface area contributed by atoms with Crippen LogP contribution in [0.3, 0.4) is 0 Å². The van der Waals surface area contributed by atoms with Gasteiger partial charge in [-0.1, -0.05) is 72.8 Å². The van der Waals surface area contributed by atoms with Crippen LogP contribution in [0, 0.1) is 0 Å². The molecule has 2 amide bonds. The van der Waals surface area contributed by atoms with Crippen molar-refractivity contribution in [3.8, 4) is 5.75 Å². The van der Waals surface area contributed by atoms with Crippen molar-refractivity contribution < 1.29 is 34.1 Å². The van der Waals surface area contributed by atoms with E-state index in [4.69, 9.17) is 14.3 Å². The molecule has 43 heavy (non-hydrogen) atoms. The van der Waals surface area contributed by atoms with Crippen LogP contribution in [-0.4, -0.2) is 58.3 Å². The lowest BCUT2D eigenvalue weighted by Crippen LogP contribution is -2.55. The highest BCUT2D eigenvalue weighted by molar-refractivity contribution is 5.69. The molecule has 3 rings (SSSR count). The molecule has 4 N–H and O–H groups in total. The third-order valence-corrected chi connectivity index (χ3v) is 6.51. The lowest BCUT2D eigenvalue weighted by atomic mass is 10.0. The summed E-state index contributed by atoms with van der Waals surface area (Å²) in [4.78, 5) is 32.2. The predicted molar refractivity (Wildman–Crippen MR) is 163 cm³/mol. The number of carbonyl (C=O) groups excluding carboxylic acids is 2. The first-order chi connectivity index (χ1) is 20.4. The SMILES string of the molecule is CC(O)C(c1cccc(OCc2ccccc2)c1)N(C)C(=O)ONC(NC(=O)OC(C)(C)C)C(O)CCc1ccccc1. The highest BCUT2D eigenvalue weighted by atomic mass is 16.7. The normalized spacial score (nSPS) is 14.1. The van der Waals surface area contributed by atoms with Crippen LogP contribution in [0.2, 0.25) is 0 Å². The summed E-state index contributed by atoms with van der Waals surface area (Å²) in [5, 5.41) is 24.1. The number of aryl methyl sites for hydroxylation is 1. The predicted octanol–water partition coefficient (Wildman–Crippen LogP) is 5.11. The molecule has 0 aliphatic rings. The van der Waals surface area contributed by atoms with Gasteiger partial charge in [0.15, 0.2) is 0 Å². The van der Waals surface area contributed by atoms with Crippen LogP contribution in [0.15, 0.2) is 84.9 Å². The zero-order valence-electron chi connectivity index (χ0n) is 25.4. The molecule has 3 aromatic rings. The third-order valence-electron chi connectivity index (χ3n) is 6.51. The van der Waals surface area contributed by atoms with Gasteiger partial charge in [-0.25, -0.2) is 9.59 Å². The van der Waals surface area contributed by atoms with Gasteiger partial charge in [-0.2, -0.15) is 0 Å². The Kier molecular flexibility index (Phi) is 12.4. The van der Waals surface area contributed by atoms with Gasteiger partial charge in [0, 0.05) is 7.05 Å². The Hall–Kier alpha value is -4.12. The Morgan fingerprint density at radius 2 is 1.53 bits per heavy atom. The number of nitrogens with zero attached hydrogens (tertiary/aromatic N) is 1. The quantitative estimate of drug-likeness (QED) is 0.159. The summed E-state index contributed by atoms with van der Waals surface area (Å²) in [6.45, 7) is 7.08. The van der Waals surface area contributed by atoms with Crippen LogP contribution in [0.25, 0.3) is 0 Å². The number of carbonyl (C=O) groups is 2. The van der Waals surface area contributed by atoms with Crippen LogP contribution in [0.4, 0.5) is 9.59 Å². The van der Waals surface area contributed by atoms with Crippen LogP contribution in [-0.2, 0) is 22.6 Å². The van der Waals surface area contributed by atoms with Gasteiger partial charge in [-0.05, 0) is 69.4 Å². The van der Waals surface area contributed by atoms with Crippen molar-refractivity contribution >= 4 is 12.2 Å². The summed E-state index contributed by atoms with van der Waals surface area (Å²) in [6, 6.07) is 25.6. The fourth-order valence-electron chi connectivity index (χ4n) is 4.42. The second kappa shape index (κ2) is 15.9. The first-order valence-corrected chi connectivity index (χ1v) is 14.3. The first kappa shape index (κ1) is 33.4. The molecule has 4 atom stereocenters. The Morgan fingerprint density at radius 3 is 2.14 bits per heavy atom. The number of ether oxygens (including phenoxy) is 2. The number of aliphatic hydroxyl groups excluding tert-OH is 2. The topological polar surface area (TPSA) is 130 Å². The number of alkyl carbamates (subject to hydrolysis) is 1. The van der Waals surface area contributed by atoms with Crippen LogP contribution >= 0.6 is 0 Å². The van der Waals surface area contributed by atoms with Gasteiger partial charge in [0.2, 0.25) is 0 Å². The van der Waals surface area contributed by atoms with Gasteiger partial charge in [0.05, 0.1) is 18.2 Å². The minimum atomic E-state index is -1.17. The number of amides is 2. The van der Waals surface area contributed by atoms with Crippen molar-refractivity contribution in [3.63, 3.8) is 0 Å². The van der Waals surface area contributed by atoms with Crippen LogP contribution in [0.5, 0.6) is 5.75 Å². The second-order valence-corrected chi connectivity index (χ2v) is 11.3. The molecule has 232 valence electrons. The van der Waals surface area contributed by atoms with E-state index in [1.807, 2.05) is 60.7 Å². The van der Waals surface area contributed by atoms with E-state index in [9.17, 15) is 19.8 Å². The molecule has 10 nitrogen and oxygen atoms in total. The summed E-state index contributed by atoms with van der Waals surface area (Å²) >= 11 is 0. The Morgan fingerprint density at radius 1 is 0.907 bits per heavy atom. The van der Waals surface area contributed by atoms with Crippen molar-refractivity contribution in [2.45, 2.75) is 77.2 Å². The van der Waals surface area contributed by atoms with Crippen LogP contribution < -0.4 is 15.5 Å². The molecule has 0 aliphatic carbocycles. The van der Waals surface area contributed by atoms with E-state index in [2.05, 4.69) is 10.8 Å². The average molecular weight is 594 g/mol. The first-order valence-electron chi connectivity index (χ1n) is 14.3. The molecule has 0 aromatic heterocycles. The summed E-state index contributed by atoms with van der Waals surface area (Å²) in [5.41, 5.74) is 4.36. The van der Waals surface area contributed by atoms with Gasteiger partial charge in [0.25, 0.3) is 0 Å². The van der Waals surface area contributed by atoms with Gasteiger partial charge >= 0.3 is 12.2 Å². The highest BCUT2D eigenvalue weighted by Gasteiger charge is 2.30. The number of hydrogen-bond acceptors (Lipinski definition) is 8. The molecule has 0 saturated heterocycles. The Labute approximate surface area is 253 Å². The average Bonchev–Trinajstić information content (AvgIpc) is 2.97. The van der Waals surface area contributed by atoms with Gasteiger partial charge < -0.3 is 34.7 Å². The number of likely N-dealkylation sites (N-methyl/N-ethyl adjacent to an activating group) is 1. The van der Waals surface area contributed by atoms with Gasteiger partial charge in [-0.3, -0.25) is 0 Å². The molecule has 0 bridgehead atoms. The largest absolute Gasteiger partial charge is 0.489 e. The van der Waals surface area contributed by atoms with E-state index in [0.29, 0.717) is 24.3 Å². The lowest BCUT2D eigenvalue weighted by Gasteiger charge is -2.31. The van der Waals surface area contributed by atoms with Crippen molar-refractivity contribution in [3.05, 3.63) is 102 Å². The second-order valence-electron chi connectivity index (χ2n) is 11.3. The smallest absolute Gasteiger partial charge is 0.429 e. The van der Waals surface area contributed by atoms with E-state index in [0.717, 1.165) is 11.1 Å². The third kappa shape index (κ3) is 11.2. The zero-order valence-corrected chi connectivity index (χ0v) is 25.4. The highest BCUT2D eigenvalue weighted by Crippen LogP contribution is 2.27. The van der Waals surface area contributed by atoms with E-state index >= 15 is 0 Å². The van der Waals surface area contributed by atoms with E-state index < -0.39 is 42.2 Å². The summed E-state index contributed by atoms with van der Waals surface area (Å²) < 4.78 is 11.3. The van der Waals surface area contributed by atoms with Crippen molar-refractivity contribution in [2.24, 2.45) is 0 Å². The van der Waals surface area contributed by atoms with E-state index in [1.54, 1.807) is 52.0 Å². The molecule has 0 fully saturated rings. The number of nitrogens with one attached hydrogen (secondary N) is 2. The summed E-state index contributed by atoms with van der Waals surface area (Å²) in [7, 11) is 1.49. The van der Waals surface area contributed by atoms with Crippen molar-refractivity contribution in [2.75, 3.05) is 7.05 Å². The Balaban J connectivity index is 1.67. The molecule has 10 heteroatoms. The molecule has 3 aromatic carbocycles. The molecular formula is C33H43N3O7. The van der Waals surface area contributed by atoms with E-state index in [-0.39, 0.29) is 6.42 Å². The molecular weight excluding hydrogens is 550 g/mol. The number of rotatable bonds is 13. The molecule has 0 saturated carbocycles. The summed E-state index contributed by atoms with van der Waals surface area (Å²) in [5.74, 6) is 0.579. The van der Waals surface area contributed by atoms with Crippen molar-refractivity contribution in [1.29, 1.82) is 0 Å². The maximum atomic E-state index is 13.2. The molecule has 0 heterocycles. The summed E-state index contributed by atoms with van der Waals surface area (Å²) in [6.07, 6.45) is -4.11. The number of aliphatic hydroxyl groups is 2. The molecule has 4 unspecified atom stereocenters. The fraction of sp³-hybridized carbons (Fsp3) is 0.394.